The molecule has 1 aromatic heterocycles. The van der Waals surface area contributed by atoms with E-state index in [0.29, 0.717) is 11.0 Å². The molecule has 7 heteroatoms. The Balaban J connectivity index is 1.70. The van der Waals surface area contributed by atoms with Crippen LogP contribution in [0.3, 0.4) is 0 Å². The molecule has 1 aliphatic carbocycles. The van der Waals surface area contributed by atoms with Gasteiger partial charge in [0, 0.05) is 10.6 Å². The summed E-state index contributed by atoms with van der Waals surface area (Å²) in [5, 5.41) is 2.26. The lowest BCUT2D eigenvalue weighted by atomic mass is 10.2. The number of methoxy groups -OCH3 is 1. The molecule has 2 rings (SSSR count). The van der Waals surface area contributed by atoms with Crippen molar-refractivity contribution < 1.29 is 19.1 Å². The van der Waals surface area contributed by atoms with E-state index in [-0.39, 0.29) is 23.1 Å². The molecule has 5 nitrogen and oxygen atoms in total. The lowest BCUT2D eigenvalue weighted by Gasteiger charge is -2.16. The molecular weight excluding hydrogens is 370 g/mol. The van der Waals surface area contributed by atoms with Crippen LogP contribution in [0.5, 0.6) is 0 Å². The van der Waals surface area contributed by atoms with Crippen molar-refractivity contribution in [1.82, 2.24) is 4.98 Å². The predicted octanol–water partition coefficient (Wildman–Crippen LogP) is 4.65. The van der Waals surface area contributed by atoms with E-state index >= 15 is 0 Å². The largest absolute Gasteiger partial charge is 0.486 e. The van der Waals surface area contributed by atoms with E-state index in [4.69, 9.17) is 4.74 Å². The molecule has 0 aliphatic heterocycles. The first-order valence-corrected chi connectivity index (χ1v) is 10.8. The van der Waals surface area contributed by atoms with Crippen LogP contribution in [0.2, 0.25) is 0 Å². The Kier molecular flexibility index (Phi) is 8.91. The van der Waals surface area contributed by atoms with E-state index in [1.165, 1.54) is 43.9 Å². The zero-order valence-electron chi connectivity index (χ0n) is 15.2. The molecule has 26 heavy (non-hydrogen) atoms. The van der Waals surface area contributed by atoms with E-state index in [9.17, 15) is 9.59 Å². The van der Waals surface area contributed by atoms with Crippen molar-refractivity contribution in [2.45, 2.75) is 44.3 Å². The number of rotatable bonds is 11. The standard InChI is InChI=1S/C19H25NO4S2/c1-3-4-5-6-11-25-15-9-7-14(8-10-15)24-12-17(21)18-20-16(13-26-18)19(22)23-2/h7-9,13,15H,3-6,10-12H2,1-2H3. The van der Waals surface area contributed by atoms with Crippen LogP contribution in [-0.2, 0) is 9.47 Å². The van der Waals surface area contributed by atoms with E-state index in [0.717, 1.165) is 17.8 Å². The molecule has 1 atom stereocenters. The van der Waals surface area contributed by atoms with Gasteiger partial charge in [-0.1, -0.05) is 32.3 Å². The molecule has 1 aliphatic rings. The summed E-state index contributed by atoms with van der Waals surface area (Å²) in [5.74, 6) is 1.11. The molecule has 1 unspecified atom stereocenters. The van der Waals surface area contributed by atoms with Crippen LogP contribution in [-0.4, -0.2) is 41.5 Å². The number of unbranched alkanes of at least 4 members (excludes halogenated alkanes) is 3. The second kappa shape index (κ2) is 11.2. The van der Waals surface area contributed by atoms with Crippen LogP contribution in [0.1, 0.15) is 59.3 Å². The molecule has 0 radical (unpaired) electrons. The topological polar surface area (TPSA) is 65.5 Å². The fourth-order valence-electron chi connectivity index (χ4n) is 2.39. The summed E-state index contributed by atoms with van der Waals surface area (Å²) in [6, 6.07) is 0. The average molecular weight is 396 g/mol. The number of allylic oxidation sites excluding steroid dienone is 2. The number of ketones is 1. The smallest absolute Gasteiger partial charge is 0.357 e. The number of carbonyl (C=O) groups is 2. The van der Waals surface area contributed by atoms with Gasteiger partial charge in [-0.15, -0.1) is 11.3 Å². The summed E-state index contributed by atoms with van der Waals surface area (Å²) in [7, 11) is 1.28. The average Bonchev–Trinajstić information content (AvgIpc) is 3.16. The van der Waals surface area contributed by atoms with Crippen LogP contribution in [0.15, 0.2) is 29.4 Å². The van der Waals surface area contributed by atoms with Crippen LogP contribution in [0.25, 0.3) is 0 Å². The fourth-order valence-corrected chi connectivity index (χ4v) is 4.20. The minimum Gasteiger partial charge on any atom is -0.486 e. The Morgan fingerprint density at radius 2 is 2.19 bits per heavy atom. The van der Waals surface area contributed by atoms with Gasteiger partial charge in [0.25, 0.3) is 0 Å². The van der Waals surface area contributed by atoms with Crippen molar-refractivity contribution in [1.29, 1.82) is 0 Å². The van der Waals surface area contributed by atoms with Crippen molar-refractivity contribution in [2.24, 2.45) is 0 Å². The number of carbonyl (C=O) groups excluding carboxylic acids is 2. The molecule has 142 valence electrons. The Hall–Kier alpha value is -1.60. The maximum Gasteiger partial charge on any atom is 0.357 e. The zero-order valence-corrected chi connectivity index (χ0v) is 16.9. The lowest BCUT2D eigenvalue weighted by molar-refractivity contribution is 0.0595. The van der Waals surface area contributed by atoms with Gasteiger partial charge in [0.2, 0.25) is 5.78 Å². The molecule has 1 aromatic rings. The van der Waals surface area contributed by atoms with Gasteiger partial charge < -0.3 is 9.47 Å². The number of thiazole rings is 1. The van der Waals surface area contributed by atoms with Crippen molar-refractivity contribution >= 4 is 34.9 Å². The number of nitrogens with zero attached hydrogens (tertiary/aromatic N) is 1. The van der Waals surface area contributed by atoms with Gasteiger partial charge in [0.05, 0.1) is 7.11 Å². The van der Waals surface area contributed by atoms with E-state index in [1.54, 1.807) is 0 Å². The van der Waals surface area contributed by atoms with Gasteiger partial charge in [-0.25, -0.2) is 9.78 Å². The van der Waals surface area contributed by atoms with Gasteiger partial charge in [0.15, 0.2) is 17.3 Å². The van der Waals surface area contributed by atoms with E-state index in [2.05, 4.69) is 22.7 Å². The number of hydrogen-bond acceptors (Lipinski definition) is 7. The maximum atomic E-state index is 12.1. The minimum absolute atomic E-state index is 0.0842. The third-order valence-corrected chi connectivity index (χ3v) is 6.05. The Morgan fingerprint density at radius 1 is 1.35 bits per heavy atom. The molecule has 0 fully saturated rings. The summed E-state index contributed by atoms with van der Waals surface area (Å²) in [6.07, 6.45) is 12.2. The third kappa shape index (κ3) is 6.61. The van der Waals surface area contributed by atoms with Crippen LogP contribution in [0, 0.1) is 0 Å². The van der Waals surface area contributed by atoms with Crippen LogP contribution >= 0.6 is 23.1 Å². The first kappa shape index (κ1) is 20.7. The third-order valence-electron chi connectivity index (χ3n) is 3.86. The highest BCUT2D eigenvalue weighted by Crippen LogP contribution is 2.24. The first-order chi connectivity index (χ1) is 12.6. The monoisotopic (exact) mass is 395 g/mol. The van der Waals surface area contributed by atoms with Gasteiger partial charge in [-0.2, -0.15) is 11.8 Å². The molecule has 0 saturated heterocycles. The summed E-state index contributed by atoms with van der Waals surface area (Å²) in [5.41, 5.74) is 0.149. The summed E-state index contributed by atoms with van der Waals surface area (Å²) < 4.78 is 10.2. The summed E-state index contributed by atoms with van der Waals surface area (Å²) in [4.78, 5) is 27.5. The zero-order chi connectivity index (χ0) is 18.8. The highest BCUT2D eigenvalue weighted by atomic mass is 32.2. The summed E-state index contributed by atoms with van der Waals surface area (Å²) >= 11 is 3.09. The highest BCUT2D eigenvalue weighted by molar-refractivity contribution is 8.00. The van der Waals surface area contributed by atoms with Crippen LogP contribution in [0.4, 0.5) is 0 Å². The molecule has 0 saturated carbocycles. The van der Waals surface area contributed by atoms with Crippen LogP contribution < -0.4 is 0 Å². The Labute approximate surface area is 162 Å². The highest BCUT2D eigenvalue weighted by Gasteiger charge is 2.17. The van der Waals surface area contributed by atoms with Crippen molar-refractivity contribution in [3.8, 4) is 0 Å². The lowest BCUT2D eigenvalue weighted by Crippen LogP contribution is -2.11. The molecule has 0 N–H and O–H groups in total. The summed E-state index contributed by atoms with van der Waals surface area (Å²) in [6.45, 7) is 2.14. The minimum atomic E-state index is -0.544. The maximum absolute atomic E-state index is 12.1. The van der Waals surface area contributed by atoms with Crippen molar-refractivity contribution in [2.75, 3.05) is 19.5 Å². The second-order valence-electron chi connectivity index (χ2n) is 5.91. The van der Waals surface area contributed by atoms with E-state index < -0.39 is 5.97 Å². The quantitative estimate of drug-likeness (QED) is 0.309. The first-order valence-electron chi connectivity index (χ1n) is 8.83. The van der Waals surface area contributed by atoms with Crippen molar-refractivity contribution in [3.63, 3.8) is 0 Å². The van der Waals surface area contributed by atoms with E-state index in [1.807, 2.05) is 23.9 Å². The molecule has 0 spiro atoms. The van der Waals surface area contributed by atoms with Gasteiger partial charge in [-0.3, -0.25) is 4.79 Å². The number of Topliss-reactive ketones (excluding diaryl/α,β-unsaturated/α-hetero) is 1. The van der Waals surface area contributed by atoms with Gasteiger partial charge in [-0.05, 0) is 30.7 Å². The predicted molar refractivity (Wildman–Crippen MR) is 106 cm³/mol. The second-order valence-corrected chi connectivity index (χ2v) is 8.12. The fraction of sp³-hybridized carbons (Fsp3) is 0.526. The number of aromatic nitrogens is 1. The Morgan fingerprint density at radius 3 is 2.88 bits per heavy atom. The van der Waals surface area contributed by atoms with Crippen molar-refractivity contribution in [3.05, 3.63) is 40.1 Å². The number of thioether (sulfide) groups is 1. The van der Waals surface area contributed by atoms with Gasteiger partial charge in [0.1, 0.15) is 5.76 Å². The molecule has 0 bridgehead atoms. The molecule has 1 heterocycles. The Bertz CT molecular complexity index is 666. The number of esters is 1. The molecular formula is C19H25NO4S2. The normalized spacial score (nSPS) is 16.2. The molecule has 0 aromatic carbocycles. The molecule has 0 amide bonds. The SMILES string of the molecule is CCCCCCSC1C=CC(OCC(=O)c2nc(C(=O)OC)cs2)=CC1. The number of hydrogen-bond donors (Lipinski definition) is 0. The number of ether oxygens (including phenoxy) is 2. The van der Waals surface area contributed by atoms with Gasteiger partial charge >= 0.3 is 5.97 Å².